The van der Waals surface area contributed by atoms with Gasteiger partial charge in [-0.05, 0) is 42.9 Å². The molecule has 0 aromatic carbocycles. The maximum absolute atomic E-state index is 12.3. The summed E-state index contributed by atoms with van der Waals surface area (Å²) in [5.74, 6) is 2.59. The Hall–Kier alpha value is -2.39. The predicted molar refractivity (Wildman–Crippen MR) is 118 cm³/mol. The van der Waals surface area contributed by atoms with Gasteiger partial charge < -0.3 is 9.73 Å². The van der Waals surface area contributed by atoms with E-state index in [4.69, 9.17) is 9.40 Å². The van der Waals surface area contributed by atoms with Crippen molar-refractivity contribution in [2.24, 2.45) is 5.92 Å². The van der Waals surface area contributed by atoms with Crippen LogP contribution in [0, 0.1) is 5.92 Å². The minimum atomic E-state index is -0.0675. The number of aryl methyl sites for hydroxylation is 2. The van der Waals surface area contributed by atoms with Crippen molar-refractivity contribution in [1.29, 1.82) is 0 Å². The van der Waals surface area contributed by atoms with Gasteiger partial charge in [-0.25, -0.2) is 4.98 Å². The van der Waals surface area contributed by atoms with E-state index in [9.17, 15) is 4.79 Å². The normalized spacial score (nSPS) is 16.3. The number of rotatable bonds is 6. The first-order valence-corrected chi connectivity index (χ1v) is 12.0. The zero-order valence-corrected chi connectivity index (χ0v) is 18.6. The van der Waals surface area contributed by atoms with Gasteiger partial charge in [-0.1, -0.05) is 25.6 Å². The molecule has 0 unspecified atom stereocenters. The molecule has 0 fully saturated rings. The molecule has 30 heavy (non-hydrogen) atoms. The Bertz CT molecular complexity index is 1210. The lowest BCUT2D eigenvalue weighted by atomic mass is 9.89. The number of nitrogens with one attached hydrogen (secondary N) is 1. The Balaban J connectivity index is 1.43. The number of hydrogen-bond donors (Lipinski definition) is 1. The van der Waals surface area contributed by atoms with Crippen molar-refractivity contribution < 1.29 is 9.21 Å². The zero-order valence-electron chi connectivity index (χ0n) is 17.0. The molecule has 1 N–H and O–H groups in total. The molecule has 0 saturated carbocycles. The number of furan rings is 1. The molecule has 1 aliphatic rings. The second-order valence-corrected chi connectivity index (χ2v) is 9.73. The third kappa shape index (κ3) is 3.50. The Kier molecular flexibility index (Phi) is 5.24. The lowest BCUT2D eigenvalue weighted by molar-refractivity contribution is -0.118. The molecular formula is C21H23N5O2S2. The van der Waals surface area contributed by atoms with Crippen LogP contribution < -0.4 is 5.32 Å². The summed E-state index contributed by atoms with van der Waals surface area (Å²) in [6.07, 6.45) is 5.77. The number of carbonyl (C=O) groups excluding carboxylic acids is 1. The van der Waals surface area contributed by atoms with E-state index in [1.165, 1.54) is 28.6 Å². The highest BCUT2D eigenvalue weighted by Gasteiger charge is 2.25. The molecule has 0 aliphatic heterocycles. The molecule has 4 aromatic heterocycles. The SMILES string of the molecule is CCc1nc2sc3c(c2c2nnc(SCC(=O)NCc4ccco4)n12)CC[C@H](C)C3. The minimum Gasteiger partial charge on any atom is -0.467 e. The van der Waals surface area contributed by atoms with E-state index in [-0.39, 0.29) is 11.7 Å². The fraction of sp³-hybridized carbons (Fsp3) is 0.429. The van der Waals surface area contributed by atoms with E-state index < -0.39 is 0 Å². The molecule has 1 amide bonds. The van der Waals surface area contributed by atoms with Gasteiger partial charge in [0.25, 0.3) is 0 Å². The summed E-state index contributed by atoms with van der Waals surface area (Å²) in [4.78, 5) is 19.7. The lowest BCUT2D eigenvalue weighted by Crippen LogP contribution is -2.24. The number of hydrogen-bond acceptors (Lipinski definition) is 7. The van der Waals surface area contributed by atoms with Gasteiger partial charge in [0.15, 0.2) is 10.8 Å². The highest BCUT2D eigenvalue weighted by atomic mass is 32.2. The van der Waals surface area contributed by atoms with Crippen LogP contribution in [0.3, 0.4) is 0 Å². The first kappa shape index (κ1) is 19.6. The third-order valence-electron chi connectivity index (χ3n) is 5.53. The van der Waals surface area contributed by atoms with Crippen LogP contribution in [-0.4, -0.2) is 31.2 Å². The third-order valence-corrected chi connectivity index (χ3v) is 7.60. The van der Waals surface area contributed by atoms with Crippen molar-refractivity contribution in [3.63, 3.8) is 0 Å². The van der Waals surface area contributed by atoms with E-state index in [0.29, 0.717) is 11.7 Å². The van der Waals surface area contributed by atoms with Crippen molar-refractivity contribution in [3.05, 3.63) is 40.4 Å². The average Bonchev–Trinajstić information content (AvgIpc) is 3.47. The van der Waals surface area contributed by atoms with E-state index in [2.05, 4.69) is 29.4 Å². The summed E-state index contributed by atoms with van der Waals surface area (Å²) in [6, 6.07) is 3.65. The van der Waals surface area contributed by atoms with Crippen LogP contribution in [0.2, 0.25) is 0 Å². The molecule has 1 aliphatic carbocycles. The quantitative estimate of drug-likeness (QED) is 0.455. The van der Waals surface area contributed by atoms with Crippen LogP contribution in [0.5, 0.6) is 0 Å². The first-order valence-electron chi connectivity index (χ1n) is 10.2. The van der Waals surface area contributed by atoms with Gasteiger partial charge in [-0.2, -0.15) is 0 Å². The predicted octanol–water partition coefficient (Wildman–Crippen LogP) is 4.03. The van der Waals surface area contributed by atoms with Gasteiger partial charge in [0, 0.05) is 11.3 Å². The summed E-state index contributed by atoms with van der Waals surface area (Å²) < 4.78 is 7.29. The van der Waals surface area contributed by atoms with Crippen LogP contribution in [0.25, 0.3) is 15.9 Å². The summed E-state index contributed by atoms with van der Waals surface area (Å²) in [5.41, 5.74) is 2.27. The van der Waals surface area contributed by atoms with Crippen molar-refractivity contribution in [2.45, 2.75) is 51.2 Å². The Morgan fingerprint density at radius 3 is 3.13 bits per heavy atom. The summed E-state index contributed by atoms with van der Waals surface area (Å²) in [5, 5.41) is 13.7. The average molecular weight is 442 g/mol. The van der Waals surface area contributed by atoms with Gasteiger partial charge in [-0.3, -0.25) is 9.20 Å². The number of aromatic nitrogens is 4. The molecule has 0 spiro atoms. The molecule has 156 valence electrons. The Morgan fingerprint density at radius 2 is 2.33 bits per heavy atom. The van der Waals surface area contributed by atoms with Crippen LogP contribution >= 0.6 is 23.1 Å². The summed E-state index contributed by atoms with van der Waals surface area (Å²) >= 11 is 3.20. The van der Waals surface area contributed by atoms with E-state index in [0.717, 1.165) is 52.6 Å². The molecule has 7 nitrogen and oxygen atoms in total. The van der Waals surface area contributed by atoms with E-state index in [1.807, 2.05) is 27.9 Å². The fourth-order valence-corrected chi connectivity index (χ4v) is 6.17. The topological polar surface area (TPSA) is 85.3 Å². The summed E-state index contributed by atoms with van der Waals surface area (Å²) in [6.45, 7) is 4.79. The maximum atomic E-state index is 12.3. The molecule has 4 heterocycles. The number of fused-ring (bicyclic) bond motifs is 5. The van der Waals surface area contributed by atoms with Crippen molar-refractivity contribution in [2.75, 3.05) is 5.75 Å². The second-order valence-electron chi connectivity index (χ2n) is 7.70. The lowest BCUT2D eigenvalue weighted by Gasteiger charge is -2.17. The van der Waals surface area contributed by atoms with Crippen molar-refractivity contribution >= 4 is 44.9 Å². The first-order chi connectivity index (χ1) is 14.6. The van der Waals surface area contributed by atoms with Crippen LogP contribution in [-0.2, 0) is 30.6 Å². The maximum Gasteiger partial charge on any atom is 0.230 e. The van der Waals surface area contributed by atoms with Gasteiger partial charge in [0.2, 0.25) is 5.91 Å². The number of nitrogens with zero attached hydrogens (tertiary/aromatic N) is 4. The molecule has 4 aromatic rings. The smallest absolute Gasteiger partial charge is 0.230 e. The van der Waals surface area contributed by atoms with Crippen molar-refractivity contribution in [3.8, 4) is 0 Å². The zero-order chi connectivity index (χ0) is 20.7. The largest absolute Gasteiger partial charge is 0.467 e. The molecule has 9 heteroatoms. The van der Waals surface area contributed by atoms with E-state index in [1.54, 1.807) is 6.26 Å². The number of carbonyl (C=O) groups is 1. The second kappa shape index (κ2) is 8.03. The molecule has 0 radical (unpaired) electrons. The number of thiophene rings is 1. The van der Waals surface area contributed by atoms with Gasteiger partial charge >= 0.3 is 0 Å². The van der Waals surface area contributed by atoms with Gasteiger partial charge in [0.1, 0.15) is 16.4 Å². The minimum absolute atomic E-state index is 0.0675. The van der Waals surface area contributed by atoms with Gasteiger partial charge in [0.05, 0.1) is 23.9 Å². The Labute approximate surface area is 182 Å². The molecule has 0 bridgehead atoms. The van der Waals surface area contributed by atoms with Crippen LogP contribution in [0.1, 0.15) is 42.3 Å². The number of amides is 1. The Morgan fingerprint density at radius 1 is 1.43 bits per heavy atom. The van der Waals surface area contributed by atoms with Crippen LogP contribution in [0.15, 0.2) is 28.0 Å². The standard InChI is InChI=1S/C21H23N5O2S2/c1-3-16-23-20-18(14-7-6-12(2)9-15(14)30-20)19-24-25-21(26(16)19)29-11-17(27)22-10-13-5-4-8-28-13/h4-5,8,12H,3,6-7,9-11H2,1-2H3,(H,22,27)/t12-/m0/s1. The highest BCUT2D eigenvalue weighted by molar-refractivity contribution is 7.99. The van der Waals surface area contributed by atoms with Crippen LogP contribution in [0.4, 0.5) is 0 Å². The monoisotopic (exact) mass is 441 g/mol. The number of thioether (sulfide) groups is 1. The summed E-state index contributed by atoms with van der Waals surface area (Å²) in [7, 11) is 0. The molecule has 0 saturated heterocycles. The van der Waals surface area contributed by atoms with E-state index >= 15 is 0 Å². The fourth-order valence-electron chi connectivity index (χ4n) is 3.99. The molecule has 1 atom stereocenters. The molecular weight excluding hydrogens is 418 g/mol. The highest BCUT2D eigenvalue weighted by Crippen LogP contribution is 2.39. The molecule has 5 rings (SSSR count). The van der Waals surface area contributed by atoms with Gasteiger partial charge in [-0.15, -0.1) is 21.5 Å². The van der Waals surface area contributed by atoms with Crippen molar-refractivity contribution in [1.82, 2.24) is 24.9 Å².